The van der Waals surface area contributed by atoms with Crippen LogP contribution in [-0.4, -0.2) is 10.1 Å². The van der Waals surface area contributed by atoms with Crippen molar-refractivity contribution in [2.24, 2.45) is 0 Å². The van der Waals surface area contributed by atoms with E-state index >= 15 is 0 Å². The zero-order valence-corrected chi connectivity index (χ0v) is 12.8. The SMILES string of the molecule is CCc1ccc(C(C)(O)C2CCCc3cccnc32)cc1. The molecule has 2 unspecified atom stereocenters. The van der Waals surface area contributed by atoms with Gasteiger partial charge >= 0.3 is 0 Å². The molecular formula is C19H23NO. The molecule has 1 aromatic heterocycles. The number of hydrogen-bond acceptors (Lipinski definition) is 2. The summed E-state index contributed by atoms with van der Waals surface area (Å²) in [7, 11) is 0. The van der Waals surface area contributed by atoms with Crippen molar-refractivity contribution in [2.75, 3.05) is 0 Å². The van der Waals surface area contributed by atoms with Crippen LogP contribution in [-0.2, 0) is 18.4 Å². The van der Waals surface area contributed by atoms with E-state index in [1.54, 1.807) is 0 Å². The zero-order valence-electron chi connectivity index (χ0n) is 12.8. The third-order valence-electron chi connectivity index (χ3n) is 4.82. The van der Waals surface area contributed by atoms with Crippen molar-refractivity contribution in [3.05, 3.63) is 65.0 Å². The maximum absolute atomic E-state index is 11.2. The second-order valence-electron chi connectivity index (χ2n) is 6.19. The predicted molar refractivity (Wildman–Crippen MR) is 85.3 cm³/mol. The summed E-state index contributed by atoms with van der Waals surface area (Å²) in [5, 5.41) is 11.2. The summed E-state index contributed by atoms with van der Waals surface area (Å²) in [4.78, 5) is 4.57. The monoisotopic (exact) mass is 281 g/mol. The van der Waals surface area contributed by atoms with Gasteiger partial charge in [-0.2, -0.15) is 0 Å². The average Bonchev–Trinajstić information content (AvgIpc) is 2.54. The first-order chi connectivity index (χ1) is 10.1. The first-order valence-electron chi connectivity index (χ1n) is 7.88. The number of fused-ring (bicyclic) bond motifs is 1. The van der Waals surface area contributed by atoms with E-state index in [1.807, 2.05) is 19.2 Å². The molecule has 1 N–H and O–H groups in total. The van der Waals surface area contributed by atoms with Gasteiger partial charge in [-0.3, -0.25) is 4.98 Å². The highest BCUT2D eigenvalue weighted by Crippen LogP contribution is 2.43. The molecule has 0 bridgehead atoms. The fourth-order valence-electron chi connectivity index (χ4n) is 3.44. The fraction of sp³-hybridized carbons (Fsp3) is 0.421. The van der Waals surface area contributed by atoms with E-state index < -0.39 is 5.60 Å². The lowest BCUT2D eigenvalue weighted by Crippen LogP contribution is -2.33. The molecule has 0 amide bonds. The summed E-state index contributed by atoms with van der Waals surface area (Å²) in [6, 6.07) is 12.5. The summed E-state index contributed by atoms with van der Waals surface area (Å²) < 4.78 is 0. The second kappa shape index (κ2) is 5.61. The van der Waals surface area contributed by atoms with Crippen LogP contribution in [0, 0.1) is 0 Å². The third kappa shape index (κ3) is 2.60. The largest absolute Gasteiger partial charge is 0.385 e. The van der Waals surface area contributed by atoms with Crippen molar-refractivity contribution in [3.63, 3.8) is 0 Å². The summed E-state index contributed by atoms with van der Waals surface area (Å²) in [5.74, 6) is 0.0786. The Morgan fingerprint density at radius 2 is 2.00 bits per heavy atom. The van der Waals surface area contributed by atoms with Crippen LogP contribution in [0.15, 0.2) is 42.6 Å². The van der Waals surface area contributed by atoms with Crippen LogP contribution in [0.4, 0.5) is 0 Å². The molecule has 1 heterocycles. The molecule has 0 spiro atoms. The Hall–Kier alpha value is -1.67. The molecule has 2 heteroatoms. The van der Waals surface area contributed by atoms with Crippen LogP contribution in [0.1, 0.15) is 55.0 Å². The van der Waals surface area contributed by atoms with Gasteiger partial charge in [0.2, 0.25) is 0 Å². The number of pyridine rings is 1. The quantitative estimate of drug-likeness (QED) is 0.923. The van der Waals surface area contributed by atoms with Gasteiger partial charge in [0.25, 0.3) is 0 Å². The molecule has 3 rings (SSSR count). The number of benzene rings is 1. The van der Waals surface area contributed by atoms with E-state index in [9.17, 15) is 5.11 Å². The molecule has 1 aliphatic rings. The highest BCUT2D eigenvalue weighted by Gasteiger charge is 2.38. The summed E-state index contributed by atoms with van der Waals surface area (Å²) in [6.07, 6.45) is 6.05. The van der Waals surface area contributed by atoms with Gasteiger partial charge in [0.15, 0.2) is 0 Å². The number of rotatable bonds is 3. The lowest BCUT2D eigenvalue weighted by molar-refractivity contribution is 0.0189. The Morgan fingerprint density at radius 1 is 1.24 bits per heavy atom. The highest BCUT2D eigenvalue weighted by molar-refractivity contribution is 5.34. The maximum Gasteiger partial charge on any atom is 0.0951 e. The van der Waals surface area contributed by atoms with Crippen molar-refractivity contribution in [1.82, 2.24) is 4.98 Å². The Morgan fingerprint density at radius 3 is 2.71 bits per heavy atom. The topological polar surface area (TPSA) is 33.1 Å². The normalized spacial score (nSPS) is 20.6. The minimum absolute atomic E-state index is 0.0786. The maximum atomic E-state index is 11.2. The molecule has 110 valence electrons. The van der Waals surface area contributed by atoms with Gasteiger partial charge in [0, 0.05) is 17.8 Å². The lowest BCUT2D eigenvalue weighted by Gasteiger charge is -2.36. The van der Waals surface area contributed by atoms with Gasteiger partial charge in [-0.25, -0.2) is 0 Å². The van der Waals surface area contributed by atoms with E-state index in [1.165, 1.54) is 11.1 Å². The van der Waals surface area contributed by atoms with Crippen molar-refractivity contribution in [1.29, 1.82) is 0 Å². The van der Waals surface area contributed by atoms with E-state index in [-0.39, 0.29) is 5.92 Å². The number of aromatic nitrogens is 1. The third-order valence-corrected chi connectivity index (χ3v) is 4.82. The molecule has 21 heavy (non-hydrogen) atoms. The van der Waals surface area contributed by atoms with Gasteiger partial charge in [-0.1, -0.05) is 37.3 Å². The zero-order chi connectivity index (χ0) is 14.9. The molecule has 0 saturated heterocycles. The van der Waals surface area contributed by atoms with Crippen LogP contribution < -0.4 is 0 Å². The van der Waals surface area contributed by atoms with Crippen LogP contribution >= 0.6 is 0 Å². The molecule has 1 aromatic carbocycles. The van der Waals surface area contributed by atoms with Crippen molar-refractivity contribution < 1.29 is 5.11 Å². The minimum Gasteiger partial charge on any atom is -0.385 e. The van der Waals surface area contributed by atoms with Crippen LogP contribution in [0.3, 0.4) is 0 Å². The number of aliphatic hydroxyl groups is 1. The van der Waals surface area contributed by atoms with Gasteiger partial charge in [-0.15, -0.1) is 0 Å². The molecule has 0 radical (unpaired) electrons. The summed E-state index contributed by atoms with van der Waals surface area (Å²) in [5.41, 5.74) is 3.79. The van der Waals surface area contributed by atoms with Gasteiger partial charge in [0.1, 0.15) is 0 Å². The van der Waals surface area contributed by atoms with Crippen molar-refractivity contribution in [3.8, 4) is 0 Å². The molecule has 1 aliphatic carbocycles. The molecular weight excluding hydrogens is 258 g/mol. The minimum atomic E-state index is -0.865. The van der Waals surface area contributed by atoms with Gasteiger partial charge in [-0.05, 0) is 55.4 Å². The first kappa shape index (κ1) is 14.3. The summed E-state index contributed by atoms with van der Waals surface area (Å²) in [6.45, 7) is 4.08. The summed E-state index contributed by atoms with van der Waals surface area (Å²) >= 11 is 0. The Labute approximate surface area is 126 Å². The molecule has 0 aliphatic heterocycles. The molecule has 0 fully saturated rings. The van der Waals surface area contributed by atoms with E-state index in [0.717, 1.165) is 36.9 Å². The number of hydrogen-bond donors (Lipinski definition) is 1. The second-order valence-corrected chi connectivity index (χ2v) is 6.19. The molecule has 2 aromatic rings. The van der Waals surface area contributed by atoms with Crippen LogP contribution in [0.25, 0.3) is 0 Å². The van der Waals surface area contributed by atoms with Gasteiger partial charge < -0.3 is 5.11 Å². The standard InChI is InChI=1S/C19H23NO/c1-3-14-9-11-16(12-10-14)19(2,21)17-8-4-6-15-7-5-13-20-18(15)17/h5,7,9-13,17,21H,3-4,6,8H2,1-2H3. The lowest BCUT2D eigenvalue weighted by atomic mass is 9.73. The van der Waals surface area contributed by atoms with E-state index in [4.69, 9.17) is 0 Å². The number of nitrogens with zero attached hydrogens (tertiary/aromatic N) is 1. The molecule has 0 saturated carbocycles. The first-order valence-corrected chi connectivity index (χ1v) is 7.88. The van der Waals surface area contributed by atoms with Crippen molar-refractivity contribution >= 4 is 0 Å². The molecule has 2 atom stereocenters. The fourth-order valence-corrected chi connectivity index (χ4v) is 3.44. The van der Waals surface area contributed by atoms with E-state index in [0.29, 0.717) is 0 Å². The number of aryl methyl sites for hydroxylation is 2. The average molecular weight is 281 g/mol. The van der Waals surface area contributed by atoms with Gasteiger partial charge in [0.05, 0.1) is 5.60 Å². The Kier molecular flexibility index (Phi) is 3.81. The molecule has 2 nitrogen and oxygen atoms in total. The predicted octanol–water partition coefficient (Wildman–Crippen LogP) is 3.97. The van der Waals surface area contributed by atoms with Crippen LogP contribution in [0.2, 0.25) is 0 Å². The highest BCUT2D eigenvalue weighted by atomic mass is 16.3. The van der Waals surface area contributed by atoms with Crippen LogP contribution in [0.5, 0.6) is 0 Å². The Balaban J connectivity index is 1.98. The van der Waals surface area contributed by atoms with Crippen molar-refractivity contribution in [2.45, 2.75) is 51.0 Å². The smallest absolute Gasteiger partial charge is 0.0951 e. The Bertz CT molecular complexity index is 616. The van der Waals surface area contributed by atoms with E-state index in [2.05, 4.69) is 42.2 Å².